The molecular weight excluding hydrogens is 446 g/mol. The quantitative estimate of drug-likeness (QED) is 0.323. The van der Waals surface area contributed by atoms with E-state index >= 15 is 0 Å². The van der Waals surface area contributed by atoms with E-state index in [1.54, 1.807) is 26.4 Å². The molecule has 2 atom stereocenters. The van der Waals surface area contributed by atoms with Crippen molar-refractivity contribution in [2.75, 3.05) is 14.2 Å². The monoisotopic (exact) mass is 473 g/mol. The average molecular weight is 474 g/mol. The van der Waals surface area contributed by atoms with Crippen LogP contribution in [0, 0.1) is 10.1 Å². The van der Waals surface area contributed by atoms with Gasteiger partial charge in [-0.1, -0.05) is 38.1 Å². The maximum atomic E-state index is 11.5. The van der Waals surface area contributed by atoms with Gasteiger partial charge in [-0.25, -0.2) is 5.01 Å². The molecule has 2 aliphatic heterocycles. The Morgan fingerprint density at radius 3 is 2.43 bits per heavy atom. The van der Waals surface area contributed by atoms with Crippen LogP contribution in [-0.4, -0.2) is 29.9 Å². The summed E-state index contributed by atoms with van der Waals surface area (Å²) in [5.41, 5.74) is 4.76. The number of ether oxygens (including phenoxy) is 3. The van der Waals surface area contributed by atoms with Gasteiger partial charge in [-0.3, -0.25) is 10.1 Å². The molecule has 180 valence electrons. The minimum absolute atomic E-state index is 0.0339. The van der Waals surface area contributed by atoms with E-state index in [-0.39, 0.29) is 16.7 Å². The summed E-state index contributed by atoms with van der Waals surface area (Å²) in [6, 6.07) is 18.6. The van der Waals surface area contributed by atoms with Crippen LogP contribution in [0.4, 0.5) is 5.69 Å². The molecule has 5 rings (SSSR count). The highest BCUT2D eigenvalue weighted by Crippen LogP contribution is 2.48. The molecule has 3 aromatic carbocycles. The molecule has 0 aromatic heterocycles. The van der Waals surface area contributed by atoms with Crippen molar-refractivity contribution >= 4 is 11.4 Å². The summed E-state index contributed by atoms with van der Waals surface area (Å²) >= 11 is 0. The van der Waals surface area contributed by atoms with Gasteiger partial charge in [-0.2, -0.15) is 5.10 Å². The summed E-state index contributed by atoms with van der Waals surface area (Å²) in [5.74, 6) is 2.32. The lowest BCUT2D eigenvalue weighted by atomic mass is 9.95. The third-order valence-corrected chi connectivity index (χ3v) is 6.59. The van der Waals surface area contributed by atoms with Crippen LogP contribution < -0.4 is 14.2 Å². The van der Waals surface area contributed by atoms with E-state index in [0.717, 1.165) is 22.4 Å². The van der Waals surface area contributed by atoms with Crippen molar-refractivity contribution in [3.8, 4) is 17.2 Å². The number of nitrogens with zero attached hydrogens (tertiary/aromatic N) is 3. The van der Waals surface area contributed by atoms with Gasteiger partial charge < -0.3 is 14.2 Å². The number of rotatable bonds is 6. The molecule has 0 aliphatic carbocycles. The fraction of sp³-hybridized carbons (Fsp3) is 0.296. The molecule has 0 spiro atoms. The number of benzene rings is 3. The van der Waals surface area contributed by atoms with E-state index in [1.165, 1.54) is 11.6 Å². The summed E-state index contributed by atoms with van der Waals surface area (Å²) in [5, 5.41) is 18.3. The largest absolute Gasteiger partial charge is 0.493 e. The summed E-state index contributed by atoms with van der Waals surface area (Å²) in [6.45, 7) is 4.32. The zero-order valence-electron chi connectivity index (χ0n) is 20.1. The van der Waals surface area contributed by atoms with E-state index in [4.69, 9.17) is 19.3 Å². The van der Waals surface area contributed by atoms with Crippen LogP contribution in [0.15, 0.2) is 65.8 Å². The van der Waals surface area contributed by atoms with Gasteiger partial charge in [-0.05, 0) is 35.7 Å². The number of fused-ring (bicyclic) bond motifs is 3. The van der Waals surface area contributed by atoms with Crippen molar-refractivity contribution in [3.05, 3.63) is 93.0 Å². The van der Waals surface area contributed by atoms with Crippen molar-refractivity contribution in [1.82, 2.24) is 5.01 Å². The molecule has 8 nitrogen and oxygen atoms in total. The highest BCUT2D eigenvalue weighted by atomic mass is 16.6. The molecule has 3 aromatic rings. The van der Waals surface area contributed by atoms with Crippen molar-refractivity contribution in [3.63, 3.8) is 0 Å². The molecule has 0 saturated carbocycles. The van der Waals surface area contributed by atoms with Gasteiger partial charge >= 0.3 is 0 Å². The normalized spacial score (nSPS) is 18.4. The second-order valence-electron chi connectivity index (χ2n) is 8.99. The Kier molecular flexibility index (Phi) is 5.80. The van der Waals surface area contributed by atoms with Gasteiger partial charge in [-0.15, -0.1) is 0 Å². The minimum atomic E-state index is -0.451. The Morgan fingerprint density at radius 2 is 1.77 bits per heavy atom. The lowest BCUT2D eigenvalue weighted by Gasteiger charge is -2.38. The Hall–Kier alpha value is -4.07. The Labute approximate surface area is 203 Å². The number of non-ortho nitro benzene ring substituents is 1. The molecule has 2 aliphatic rings. The van der Waals surface area contributed by atoms with Crippen LogP contribution in [0.1, 0.15) is 60.7 Å². The SMILES string of the molecule is COc1ccc(C2=NN3[C@H](C2)c2cc([N+](=O)[O-])ccc2O[C@H]3c2ccc(C(C)C)cc2)cc1OC. The smallest absolute Gasteiger partial charge is 0.270 e. The predicted octanol–water partition coefficient (Wildman–Crippen LogP) is 5.98. The van der Waals surface area contributed by atoms with Crippen LogP contribution in [0.5, 0.6) is 17.2 Å². The highest BCUT2D eigenvalue weighted by Gasteiger charge is 2.41. The second-order valence-corrected chi connectivity index (χ2v) is 8.99. The summed E-state index contributed by atoms with van der Waals surface area (Å²) < 4.78 is 17.2. The molecule has 2 heterocycles. The number of hydrazone groups is 1. The molecule has 0 N–H and O–H groups in total. The fourth-order valence-corrected chi connectivity index (χ4v) is 4.64. The van der Waals surface area contributed by atoms with E-state index in [9.17, 15) is 10.1 Å². The Morgan fingerprint density at radius 1 is 1.03 bits per heavy atom. The molecule has 8 heteroatoms. The zero-order valence-corrected chi connectivity index (χ0v) is 20.1. The van der Waals surface area contributed by atoms with Gasteiger partial charge in [0.05, 0.1) is 30.9 Å². The lowest BCUT2D eigenvalue weighted by Crippen LogP contribution is -2.33. The molecule has 0 amide bonds. The van der Waals surface area contributed by atoms with Crippen molar-refractivity contribution in [2.45, 2.75) is 38.5 Å². The Bertz CT molecular complexity index is 1300. The second kappa shape index (κ2) is 8.94. The number of hydrogen-bond donors (Lipinski definition) is 0. The van der Waals surface area contributed by atoms with Crippen molar-refractivity contribution < 1.29 is 19.1 Å². The van der Waals surface area contributed by atoms with Crippen LogP contribution >= 0.6 is 0 Å². The molecule has 0 unspecified atom stereocenters. The first-order chi connectivity index (χ1) is 16.9. The van der Waals surface area contributed by atoms with Crippen LogP contribution in [0.3, 0.4) is 0 Å². The van der Waals surface area contributed by atoms with E-state index in [0.29, 0.717) is 29.6 Å². The number of nitro groups is 1. The van der Waals surface area contributed by atoms with E-state index in [1.807, 2.05) is 23.2 Å². The van der Waals surface area contributed by atoms with Gasteiger partial charge in [0, 0.05) is 35.2 Å². The van der Waals surface area contributed by atoms with E-state index < -0.39 is 6.23 Å². The summed E-state index contributed by atoms with van der Waals surface area (Å²) in [4.78, 5) is 11.1. The topological polar surface area (TPSA) is 86.4 Å². The van der Waals surface area contributed by atoms with Crippen molar-refractivity contribution in [2.24, 2.45) is 5.10 Å². The molecule has 0 saturated heterocycles. The van der Waals surface area contributed by atoms with Gasteiger partial charge in [0.2, 0.25) is 6.23 Å². The first-order valence-electron chi connectivity index (χ1n) is 11.5. The van der Waals surface area contributed by atoms with Crippen LogP contribution in [0.2, 0.25) is 0 Å². The zero-order chi connectivity index (χ0) is 24.7. The summed E-state index contributed by atoms with van der Waals surface area (Å²) in [7, 11) is 3.20. The van der Waals surface area contributed by atoms with Crippen LogP contribution in [0.25, 0.3) is 0 Å². The maximum absolute atomic E-state index is 11.5. The number of methoxy groups -OCH3 is 2. The minimum Gasteiger partial charge on any atom is -0.493 e. The molecule has 0 fully saturated rings. The molecule has 35 heavy (non-hydrogen) atoms. The predicted molar refractivity (Wildman–Crippen MR) is 132 cm³/mol. The number of nitro benzene ring substituents is 1. The number of hydrogen-bond acceptors (Lipinski definition) is 7. The van der Waals surface area contributed by atoms with E-state index in [2.05, 4.69) is 38.1 Å². The first-order valence-corrected chi connectivity index (χ1v) is 11.5. The van der Waals surface area contributed by atoms with Gasteiger partial charge in [0.15, 0.2) is 11.5 Å². The van der Waals surface area contributed by atoms with Crippen molar-refractivity contribution in [1.29, 1.82) is 0 Å². The fourth-order valence-electron chi connectivity index (χ4n) is 4.64. The summed E-state index contributed by atoms with van der Waals surface area (Å²) in [6.07, 6.45) is 0.126. The molecule has 0 bridgehead atoms. The molecular formula is C27H27N3O5. The third-order valence-electron chi connectivity index (χ3n) is 6.59. The average Bonchev–Trinajstić information content (AvgIpc) is 3.33. The highest BCUT2D eigenvalue weighted by molar-refractivity contribution is 6.02. The van der Waals surface area contributed by atoms with Gasteiger partial charge in [0.25, 0.3) is 5.69 Å². The maximum Gasteiger partial charge on any atom is 0.270 e. The molecule has 0 radical (unpaired) electrons. The van der Waals surface area contributed by atoms with Crippen LogP contribution in [-0.2, 0) is 0 Å². The first kappa shape index (κ1) is 22.7. The third kappa shape index (κ3) is 4.05. The Balaban J connectivity index is 1.58. The lowest BCUT2D eigenvalue weighted by molar-refractivity contribution is -0.385. The standard InChI is InChI=1S/C27H27N3O5/c1-16(2)17-5-7-18(8-6-17)27-29-23(21-14-20(30(31)32)10-12-24(21)35-27)15-22(28-29)19-9-11-25(33-3)26(13-19)34-4/h5-14,16,23,27H,15H2,1-4H3/t23-,27+/m1/s1. The van der Waals surface area contributed by atoms with Gasteiger partial charge in [0.1, 0.15) is 5.75 Å².